The van der Waals surface area contributed by atoms with Crippen LogP contribution in [0.5, 0.6) is 5.75 Å². The minimum Gasteiger partial charge on any atom is -0.494 e. The lowest BCUT2D eigenvalue weighted by molar-refractivity contribution is 0.282. The molecule has 0 aliphatic carbocycles. The van der Waals surface area contributed by atoms with Crippen molar-refractivity contribution in [3.63, 3.8) is 0 Å². The predicted octanol–water partition coefficient (Wildman–Crippen LogP) is 7.25. The summed E-state index contributed by atoms with van der Waals surface area (Å²) in [5.41, 5.74) is 2.59. The number of aliphatic hydroxyl groups is 1. The van der Waals surface area contributed by atoms with Crippen LogP contribution in [-0.4, -0.2) is 12.2 Å². The van der Waals surface area contributed by atoms with E-state index < -0.39 is 23.3 Å². The van der Waals surface area contributed by atoms with Crippen LogP contribution in [0.1, 0.15) is 16.7 Å². The first kappa shape index (κ1) is 23.3. The van der Waals surface area contributed by atoms with Crippen LogP contribution in [0.2, 0.25) is 0 Å². The van der Waals surface area contributed by atoms with Gasteiger partial charge in [0.15, 0.2) is 23.2 Å². The SMILES string of the molecule is COc1ccc(-c2ccc(/C=C/c3ccc(-c4ccc(CO)cc4)c(F)c3F)cc2)c(F)c1F. The standard InChI is InChI=1S/C28H20F4O2/c1-34-24-15-14-23(27(31)28(24)32)19-7-2-17(3-8-19)4-11-21-12-13-22(26(30)25(21)29)20-9-5-18(16-33)6-10-20/h2-15,33H,16H2,1H3/b11-4+. The van der Waals surface area contributed by atoms with Crippen LogP contribution >= 0.6 is 0 Å². The molecule has 4 aromatic carbocycles. The van der Waals surface area contributed by atoms with E-state index in [4.69, 9.17) is 9.84 Å². The van der Waals surface area contributed by atoms with Crippen LogP contribution < -0.4 is 4.74 Å². The molecule has 2 nitrogen and oxygen atoms in total. The van der Waals surface area contributed by atoms with Crippen molar-refractivity contribution in [3.8, 4) is 28.0 Å². The maximum atomic E-state index is 14.7. The molecule has 0 heterocycles. The van der Waals surface area contributed by atoms with E-state index in [9.17, 15) is 17.6 Å². The van der Waals surface area contributed by atoms with Crippen molar-refractivity contribution in [2.24, 2.45) is 0 Å². The molecule has 34 heavy (non-hydrogen) atoms. The lowest BCUT2D eigenvalue weighted by Gasteiger charge is -2.08. The van der Waals surface area contributed by atoms with Gasteiger partial charge in [0.2, 0.25) is 5.82 Å². The Morgan fingerprint density at radius 2 is 1.21 bits per heavy atom. The van der Waals surface area contributed by atoms with Gasteiger partial charge in [0.05, 0.1) is 13.7 Å². The normalized spacial score (nSPS) is 11.2. The zero-order chi connectivity index (χ0) is 24.2. The van der Waals surface area contributed by atoms with Gasteiger partial charge >= 0.3 is 0 Å². The molecule has 4 aromatic rings. The van der Waals surface area contributed by atoms with Crippen LogP contribution in [-0.2, 0) is 6.61 Å². The maximum absolute atomic E-state index is 14.7. The van der Waals surface area contributed by atoms with Crippen molar-refractivity contribution in [1.82, 2.24) is 0 Å². The fourth-order valence-corrected chi connectivity index (χ4v) is 3.58. The summed E-state index contributed by atoms with van der Waals surface area (Å²) in [5, 5.41) is 9.12. The maximum Gasteiger partial charge on any atom is 0.201 e. The predicted molar refractivity (Wildman–Crippen MR) is 125 cm³/mol. The van der Waals surface area contributed by atoms with Crippen LogP contribution in [0.4, 0.5) is 17.6 Å². The van der Waals surface area contributed by atoms with E-state index in [1.165, 1.54) is 37.5 Å². The highest BCUT2D eigenvalue weighted by molar-refractivity contribution is 5.74. The Morgan fingerprint density at radius 3 is 1.79 bits per heavy atom. The van der Waals surface area contributed by atoms with Gasteiger partial charge in [-0.2, -0.15) is 4.39 Å². The van der Waals surface area contributed by atoms with Crippen molar-refractivity contribution in [1.29, 1.82) is 0 Å². The molecule has 0 unspecified atom stereocenters. The third kappa shape index (κ3) is 4.58. The summed E-state index contributed by atoms with van der Waals surface area (Å²) in [6.45, 7) is -0.131. The van der Waals surface area contributed by atoms with Gasteiger partial charge in [-0.25, -0.2) is 13.2 Å². The number of hydrogen-bond donors (Lipinski definition) is 1. The van der Waals surface area contributed by atoms with Crippen LogP contribution in [0.15, 0.2) is 72.8 Å². The molecular formula is C28H20F4O2. The van der Waals surface area contributed by atoms with Gasteiger partial charge < -0.3 is 9.84 Å². The summed E-state index contributed by atoms with van der Waals surface area (Å²) >= 11 is 0. The highest BCUT2D eigenvalue weighted by atomic mass is 19.2. The van der Waals surface area contributed by atoms with E-state index in [1.54, 1.807) is 54.6 Å². The number of halogens is 4. The minimum atomic E-state index is -1.06. The van der Waals surface area contributed by atoms with Gasteiger partial charge in [-0.3, -0.25) is 0 Å². The van der Waals surface area contributed by atoms with E-state index in [1.807, 2.05) is 0 Å². The average molecular weight is 464 g/mol. The molecular weight excluding hydrogens is 444 g/mol. The molecule has 6 heteroatoms. The average Bonchev–Trinajstić information content (AvgIpc) is 2.87. The van der Waals surface area contributed by atoms with E-state index in [2.05, 4.69) is 0 Å². The molecule has 0 bridgehead atoms. The van der Waals surface area contributed by atoms with E-state index >= 15 is 0 Å². The van der Waals surface area contributed by atoms with Crippen molar-refractivity contribution in [2.45, 2.75) is 6.61 Å². The fraction of sp³-hybridized carbons (Fsp3) is 0.0714. The van der Waals surface area contributed by atoms with Crippen molar-refractivity contribution >= 4 is 12.2 Å². The molecule has 0 radical (unpaired) electrons. The number of rotatable bonds is 6. The van der Waals surface area contributed by atoms with E-state index in [-0.39, 0.29) is 29.0 Å². The first-order valence-electron chi connectivity index (χ1n) is 10.4. The summed E-state index contributed by atoms with van der Waals surface area (Å²) in [7, 11) is 1.26. The van der Waals surface area contributed by atoms with E-state index in [0.717, 1.165) is 0 Å². The molecule has 0 atom stereocenters. The van der Waals surface area contributed by atoms with Gasteiger partial charge in [-0.15, -0.1) is 0 Å². The monoisotopic (exact) mass is 464 g/mol. The molecule has 0 aliphatic heterocycles. The number of hydrogen-bond acceptors (Lipinski definition) is 2. The third-order valence-electron chi connectivity index (χ3n) is 5.50. The van der Waals surface area contributed by atoms with Crippen molar-refractivity contribution < 1.29 is 27.4 Å². The molecule has 1 N–H and O–H groups in total. The van der Waals surface area contributed by atoms with E-state index in [0.29, 0.717) is 22.3 Å². The summed E-state index contributed by atoms with van der Waals surface area (Å²) in [4.78, 5) is 0. The second kappa shape index (κ2) is 9.93. The summed E-state index contributed by atoms with van der Waals surface area (Å²) < 4.78 is 62.5. The number of ether oxygens (including phenoxy) is 1. The van der Waals surface area contributed by atoms with Crippen LogP contribution in [0.25, 0.3) is 34.4 Å². The molecule has 0 aliphatic rings. The highest BCUT2D eigenvalue weighted by Gasteiger charge is 2.15. The number of benzene rings is 4. The number of aliphatic hydroxyl groups excluding tert-OH is 1. The number of methoxy groups -OCH3 is 1. The van der Waals surface area contributed by atoms with Gasteiger partial charge in [0.25, 0.3) is 0 Å². The second-order valence-corrected chi connectivity index (χ2v) is 7.58. The van der Waals surface area contributed by atoms with Gasteiger partial charge in [-0.05, 0) is 34.4 Å². The Balaban J connectivity index is 1.56. The summed E-state index contributed by atoms with van der Waals surface area (Å²) in [6.07, 6.45) is 3.04. The highest BCUT2D eigenvalue weighted by Crippen LogP contribution is 2.31. The largest absolute Gasteiger partial charge is 0.494 e. The van der Waals surface area contributed by atoms with Gasteiger partial charge in [0.1, 0.15) is 0 Å². The lowest BCUT2D eigenvalue weighted by atomic mass is 10.00. The molecule has 4 rings (SSSR count). The zero-order valence-electron chi connectivity index (χ0n) is 18.2. The Bertz CT molecular complexity index is 1340. The molecule has 0 saturated heterocycles. The zero-order valence-corrected chi connectivity index (χ0v) is 18.2. The van der Waals surface area contributed by atoms with Gasteiger partial charge in [-0.1, -0.05) is 72.8 Å². The Kier molecular flexibility index (Phi) is 6.80. The molecule has 172 valence electrons. The molecule has 0 spiro atoms. The Hall–Kier alpha value is -3.90. The van der Waals surface area contributed by atoms with Crippen LogP contribution in [0, 0.1) is 23.3 Å². The molecule has 0 amide bonds. The summed E-state index contributed by atoms with van der Waals surface area (Å²) in [5.74, 6) is -4.19. The Morgan fingerprint density at radius 1 is 0.647 bits per heavy atom. The molecule has 0 saturated carbocycles. The minimum absolute atomic E-state index is 0.0700. The fourth-order valence-electron chi connectivity index (χ4n) is 3.58. The quantitative estimate of drug-likeness (QED) is 0.241. The first-order valence-corrected chi connectivity index (χ1v) is 10.4. The topological polar surface area (TPSA) is 29.5 Å². The molecule has 0 fully saturated rings. The molecule has 0 aromatic heterocycles. The smallest absolute Gasteiger partial charge is 0.201 e. The third-order valence-corrected chi connectivity index (χ3v) is 5.50. The van der Waals surface area contributed by atoms with Crippen molar-refractivity contribution in [2.75, 3.05) is 7.11 Å². The first-order chi connectivity index (χ1) is 16.4. The van der Waals surface area contributed by atoms with Crippen LogP contribution in [0.3, 0.4) is 0 Å². The summed E-state index contributed by atoms with van der Waals surface area (Å²) in [6, 6.07) is 18.9. The second-order valence-electron chi connectivity index (χ2n) is 7.58. The van der Waals surface area contributed by atoms with Crippen molar-refractivity contribution in [3.05, 3.63) is 113 Å². The Labute approximate surface area is 194 Å². The van der Waals surface area contributed by atoms with Gasteiger partial charge in [0, 0.05) is 16.7 Å². The lowest BCUT2D eigenvalue weighted by Crippen LogP contribution is -1.95.